The number of thioether (sulfide) groups is 1. The summed E-state index contributed by atoms with van der Waals surface area (Å²) in [5.41, 5.74) is 1.16. The fraction of sp³-hybridized carbons (Fsp3) is 0.167. The largest absolute Gasteiger partial charge is 0.384 e. The Balaban J connectivity index is 1.70. The van der Waals surface area contributed by atoms with E-state index in [1.807, 2.05) is 24.3 Å². The van der Waals surface area contributed by atoms with Crippen molar-refractivity contribution in [2.45, 2.75) is 5.03 Å². The highest BCUT2D eigenvalue weighted by Gasteiger charge is 1.94. The molecule has 0 radical (unpaired) electrons. The lowest BCUT2D eigenvalue weighted by atomic mass is 10.3. The quantitative estimate of drug-likeness (QED) is 0.488. The first kappa shape index (κ1) is 11.0. The molecule has 1 heterocycles. The number of nitrogens with zero attached hydrogens (tertiary/aromatic N) is 2. The Bertz CT molecular complexity index is 364. The number of anilines is 1. The van der Waals surface area contributed by atoms with Crippen molar-refractivity contribution in [1.82, 2.24) is 9.97 Å². The second-order valence-corrected chi connectivity index (χ2v) is 4.30. The summed E-state index contributed by atoms with van der Waals surface area (Å²) in [5.74, 6) is 0.992. The molecule has 1 N–H and O–H groups in total. The van der Waals surface area contributed by atoms with E-state index in [1.165, 1.54) is 0 Å². The van der Waals surface area contributed by atoms with Crippen LogP contribution in [0.4, 0.5) is 5.69 Å². The molecule has 2 rings (SSSR count). The molecular weight excluding hydrogens is 218 g/mol. The lowest BCUT2D eigenvalue weighted by Crippen LogP contribution is -2.03. The average molecular weight is 231 g/mol. The van der Waals surface area contributed by atoms with Crippen molar-refractivity contribution in [2.75, 3.05) is 17.6 Å². The van der Waals surface area contributed by atoms with E-state index in [0.717, 1.165) is 23.0 Å². The molecule has 0 aliphatic heterocycles. The van der Waals surface area contributed by atoms with Gasteiger partial charge in [-0.15, -0.1) is 11.8 Å². The zero-order valence-electron chi connectivity index (χ0n) is 8.84. The number of aromatic nitrogens is 2. The maximum Gasteiger partial charge on any atom is 0.116 e. The van der Waals surface area contributed by atoms with Gasteiger partial charge in [0.25, 0.3) is 0 Å². The Morgan fingerprint density at radius 3 is 2.75 bits per heavy atom. The average Bonchev–Trinajstić information content (AvgIpc) is 2.37. The van der Waals surface area contributed by atoms with Gasteiger partial charge < -0.3 is 5.32 Å². The molecule has 0 saturated carbocycles. The summed E-state index contributed by atoms with van der Waals surface area (Å²) in [6.45, 7) is 0.929. The standard InChI is InChI=1S/C12H13N3S/c1-2-4-11(5-3-1)14-8-9-16-12-6-7-13-10-15-12/h1-7,10,14H,8-9H2. The van der Waals surface area contributed by atoms with Crippen LogP contribution in [0.5, 0.6) is 0 Å². The van der Waals surface area contributed by atoms with Gasteiger partial charge in [0.1, 0.15) is 6.33 Å². The highest BCUT2D eigenvalue weighted by atomic mass is 32.2. The van der Waals surface area contributed by atoms with Crippen LogP contribution in [-0.4, -0.2) is 22.3 Å². The van der Waals surface area contributed by atoms with Crippen molar-refractivity contribution in [1.29, 1.82) is 0 Å². The zero-order valence-corrected chi connectivity index (χ0v) is 9.65. The maximum absolute atomic E-state index is 4.15. The van der Waals surface area contributed by atoms with Gasteiger partial charge in [-0.1, -0.05) is 18.2 Å². The van der Waals surface area contributed by atoms with E-state index in [-0.39, 0.29) is 0 Å². The summed E-state index contributed by atoms with van der Waals surface area (Å²) < 4.78 is 0. The molecule has 0 aliphatic carbocycles. The van der Waals surface area contributed by atoms with Crippen molar-refractivity contribution in [3.05, 3.63) is 48.9 Å². The van der Waals surface area contributed by atoms with E-state index < -0.39 is 0 Å². The lowest BCUT2D eigenvalue weighted by molar-refractivity contribution is 1.04. The van der Waals surface area contributed by atoms with Crippen molar-refractivity contribution < 1.29 is 0 Å². The minimum Gasteiger partial charge on any atom is -0.384 e. The van der Waals surface area contributed by atoms with Crippen molar-refractivity contribution in [2.24, 2.45) is 0 Å². The number of hydrogen-bond acceptors (Lipinski definition) is 4. The first-order chi connectivity index (χ1) is 7.95. The van der Waals surface area contributed by atoms with E-state index in [2.05, 4.69) is 27.4 Å². The summed E-state index contributed by atoms with van der Waals surface area (Å²) >= 11 is 1.73. The fourth-order valence-electron chi connectivity index (χ4n) is 1.27. The predicted octanol–water partition coefficient (Wildman–Crippen LogP) is 2.68. The number of benzene rings is 1. The predicted molar refractivity (Wildman–Crippen MR) is 67.7 cm³/mol. The van der Waals surface area contributed by atoms with Gasteiger partial charge in [-0.05, 0) is 18.2 Å². The minimum atomic E-state index is 0.929. The van der Waals surface area contributed by atoms with Gasteiger partial charge in [0.05, 0.1) is 5.03 Å². The summed E-state index contributed by atoms with van der Waals surface area (Å²) in [6, 6.07) is 12.1. The van der Waals surface area contributed by atoms with E-state index in [0.29, 0.717) is 0 Å². The summed E-state index contributed by atoms with van der Waals surface area (Å²) in [5, 5.41) is 4.37. The van der Waals surface area contributed by atoms with Crippen LogP contribution in [0.15, 0.2) is 53.9 Å². The van der Waals surface area contributed by atoms with Gasteiger partial charge in [0.2, 0.25) is 0 Å². The number of hydrogen-bond donors (Lipinski definition) is 1. The van der Waals surface area contributed by atoms with Gasteiger partial charge in [-0.2, -0.15) is 0 Å². The van der Waals surface area contributed by atoms with Gasteiger partial charge >= 0.3 is 0 Å². The Hall–Kier alpha value is -1.55. The van der Waals surface area contributed by atoms with Gasteiger partial charge in [-0.3, -0.25) is 0 Å². The van der Waals surface area contributed by atoms with Crippen LogP contribution in [0.25, 0.3) is 0 Å². The van der Waals surface area contributed by atoms with E-state index >= 15 is 0 Å². The molecule has 0 spiro atoms. The van der Waals surface area contributed by atoms with Gasteiger partial charge in [0.15, 0.2) is 0 Å². The van der Waals surface area contributed by atoms with Gasteiger partial charge in [0, 0.05) is 24.2 Å². The summed E-state index contributed by atoms with van der Waals surface area (Å²) in [7, 11) is 0. The van der Waals surface area contributed by atoms with Crippen LogP contribution in [0, 0.1) is 0 Å². The number of rotatable bonds is 5. The molecule has 3 nitrogen and oxygen atoms in total. The first-order valence-corrected chi connectivity index (χ1v) is 6.11. The molecule has 1 aromatic carbocycles. The summed E-state index contributed by atoms with van der Waals surface area (Å²) in [4.78, 5) is 8.03. The molecule has 1 aromatic heterocycles. The monoisotopic (exact) mass is 231 g/mol. The topological polar surface area (TPSA) is 37.8 Å². The second-order valence-electron chi connectivity index (χ2n) is 3.19. The third kappa shape index (κ3) is 3.55. The second kappa shape index (κ2) is 6.12. The normalized spacial score (nSPS) is 10.0. The van der Waals surface area contributed by atoms with Crippen LogP contribution in [0.1, 0.15) is 0 Å². The van der Waals surface area contributed by atoms with E-state index in [4.69, 9.17) is 0 Å². The van der Waals surface area contributed by atoms with E-state index in [1.54, 1.807) is 24.3 Å². The third-order valence-electron chi connectivity index (χ3n) is 2.01. The molecule has 0 unspecified atom stereocenters. The van der Waals surface area contributed by atoms with Crippen molar-refractivity contribution >= 4 is 17.4 Å². The van der Waals surface area contributed by atoms with Crippen LogP contribution in [0.2, 0.25) is 0 Å². The molecule has 0 aliphatic rings. The van der Waals surface area contributed by atoms with Crippen LogP contribution in [-0.2, 0) is 0 Å². The molecule has 0 fully saturated rings. The molecule has 0 bridgehead atoms. The molecule has 0 saturated heterocycles. The molecule has 4 heteroatoms. The number of para-hydroxylation sites is 1. The smallest absolute Gasteiger partial charge is 0.116 e. The third-order valence-corrected chi connectivity index (χ3v) is 2.96. The van der Waals surface area contributed by atoms with Gasteiger partial charge in [-0.25, -0.2) is 9.97 Å². The molecule has 2 aromatic rings. The summed E-state index contributed by atoms with van der Waals surface area (Å²) in [6.07, 6.45) is 3.34. The van der Waals surface area contributed by atoms with Crippen molar-refractivity contribution in [3.8, 4) is 0 Å². The molecule has 0 amide bonds. The highest BCUT2D eigenvalue weighted by molar-refractivity contribution is 7.99. The zero-order chi connectivity index (χ0) is 11.1. The Labute approximate surface area is 99.3 Å². The van der Waals surface area contributed by atoms with Crippen LogP contribution >= 0.6 is 11.8 Å². The van der Waals surface area contributed by atoms with Crippen LogP contribution in [0.3, 0.4) is 0 Å². The Kier molecular flexibility index (Phi) is 4.19. The Morgan fingerprint density at radius 1 is 1.12 bits per heavy atom. The molecular formula is C12H13N3S. The molecule has 16 heavy (non-hydrogen) atoms. The number of nitrogens with one attached hydrogen (secondary N) is 1. The SMILES string of the molecule is c1ccc(NCCSc2ccncn2)cc1. The van der Waals surface area contributed by atoms with Crippen LogP contribution < -0.4 is 5.32 Å². The Morgan fingerprint density at radius 2 is 2.00 bits per heavy atom. The fourth-order valence-corrected chi connectivity index (χ4v) is 1.96. The van der Waals surface area contributed by atoms with E-state index in [9.17, 15) is 0 Å². The minimum absolute atomic E-state index is 0.929. The highest BCUT2D eigenvalue weighted by Crippen LogP contribution is 2.13. The first-order valence-electron chi connectivity index (χ1n) is 5.13. The maximum atomic E-state index is 4.15. The van der Waals surface area contributed by atoms with Crippen molar-refractivity contribution in [3.63, 3.8) is 0 Å². The lowest BCUT2D eigenvalue weighted by Gasteiger charge is -2.05. The molecule has 0 atom stereocenters. The molecule has 82 valence electrons.